The van der Waals surface area contributed by atoms with Crippen LogP contribution < -0.4 is 4.74 Å². The standard InChI is InChI=1S/C18H16N8OS/c1-10-22-15(28-24-10)8-25-11(2)23-17-14(25)6-12(7-19-17)13-4-5-26-16(13)18(27-3)20-9-21-26/h4-7,9H,8H2,1-3H3. The van der Waals surface area contributed by atoms with E-state index in [0.29, 0.717) is 18.1 Å². The van der Waals surface area contributed by atoms with Crippen LogP contribution in [-0.4, -0.2) is 45.6 Å². The average Bonchev–Trinajstić information content (AvgIpc) is 3.39. The van der Waals surface area contributed by atoms with E-state index in [9.17, 15) is 0 Å². The molecule has 0 atom stereocenters. The first-order chi connectivity index (χ1) is 13.6. The molecular weight excluding hydrogens is 376 g/mol. The van der Waals surface area contributed by atoms with Gasteiger partial charge in [-0.05, 0) is 37.5 Å². The summed E-state index contributed by atoms with van der Waals surface area (Å²) in [5.41, 5.74) is 4.34. The quantitative estimate of drug-likeness (QED) is 0.464. The molecule has 0 aliphatic heterocycles. The Kier molecular flexibility index (Phi) is 3.79. The van der Waals surface area contributed by atoms with Crippen LogP contribution in [0.5, 0.6) is 5.88 Å². The molecule has 0 aromatic carbocycles. The Labute approximate surface area is 163 Å². The predicted octanol–water partition coefficient (Wildman–Crippen LogP) is 2.67. The zero-order valence-corrected chi connectivity index (χ0v) is 16.3. The second kappa shape index (κ2) is 6.34. The summed E-state index contributed by atoms with van der Waals surface area (Å²) in [5.74, 6) is 2.19. The predicted molar refractivity (Wildman–Crippen MR) is 105 cm³/mol. The lowest BCUT2D eigenvalue weighted by Crippen LogP contribution is -2.02. The monoisotopic (exact) mass is 392 g/mol. The topological polar surface area (TPSA) is 95.9 Å². The van der Waals surface area contributed by atoms with Crippen molar-refractivity contribution in [3.8, 4) is 17.0 Å². The largest absolute Gasteiger partial charge is 0.479 e. The summed E-state index contributed by atoms with van der Waals surface area (Å²) < 4.78 is 13.5. The molecule has 0 fully saturated rings. The second-order valence-corrected chi connectivity index (χ2v) is 7.18. The molecule has 0 unspecified atom stereocenters. The molecule has 5 aromatic heterocycles. The lowest BCUT2D eigenvalue weighted by Gasteiger charge is -2.06. The van der Waals surface area contributed by atoms with Gasteiger partial charge in [-0.2, -0.15) is 14.5 Å². The highest BCUT2D eigenvalue weighted by atomic mass is 32.1. The Hall–Kier alpha value is -3.40. The third-order valence-corrected chi connectivity index (χ3v) is 5.37. The number of rotatable bonds is 4. The summed E-state index contributed by atoms with van der Waals surface area (Å²) in [6.07, 6.45) is 5.17. The van der Waals surface area contributed by atoms with Gasteiger partial charge in [0.05, 0.1) is 19.2 Å². The zero-order valence-electron chi connectivity index (χ0n) is 15.5. The Balaban J connectivity index is 1.67. The highest BCUT2D eigenvalue weighted by molar-refractivity contribution is 7.05. The molecule has 0 saturated carbocycles. The summed E-state index contributed by atoms with van der Waals surface area (Å²) in [6.45, 7) is 4.48. The lowest BCUT2D eigenvalue weighted by molar-refractivity contribution is 0.399. The van der Waals surface area contributed by atoms with E-state index in [4.69, 9.17) is 4.74 Å². The summed E-state index contributed by atoms with van der Waals surface area (Å²) in [6, 6.07) is 4.06. The van der Waals surface area contributed by atoms with Crippen LogP contribution in [0, 0.1) is 13.8 Å². The Bertz CT molecular complexity index is 1320. The third-order valence-electron chi connectivity index (χ3n) is 4.58. The molecule has 0 saturated heterocycles. The van der Waals surface area contributed by atoms with E-state index in [1.807, 2.05) is 32.3 Å². The number of nitrogens with zero attached hydrogens (tertiary/aromatic N) is 8. The van der Waals surface area contributed by atoms with Crippen molar-refractivity contribution in [3.05, 3.63) is 47.5 Å². The average molecular weight is 392 g/mol. The van der Waals surface area contributed by atoms with Crippen LogP contribution in [0.3, 0.4) is 0 Å². The third kappa shape index (κ3) is 2.61. The van der Waals surface area contributed by atoms with Crippen molar-refractivity contribution in [2.24, 2.45) is 0 Å². The molecule has 0 spiro atoms. The van der Waals surface area contributed by atoms with Crippen molar-refractivity contribution in [3.63, 3.8) is 0 Å². The van der Waals surface area contributed by atoms with E-state index in [2.05, 4.69) is 40.0 Å². The summed E-state index contributed by atoms with van der Waals surface area (Å²) >= 11 is 1.41. The SMILES string of the molecule is COc1ncnn2ccc(-c3cnc4nc(C)n(Cc5nc(C)ns5)c4c3)c12. The Morgan fingerprint density at radius 2 is 2.07 bits per heavy atom. The van der Waals surface area contributed by atoms with Gasteiger partial charge in [-0.3, -0.25) is 0 Å². The van der Waals surface area contributed by atoms with Crippen LogP contribution in [-0.2, 0) is 6.54 Å². The van der Waals surface area contributed by atoms with Gasteiger partial charge < -0.3 is 9.30 Å². The molecule has 28 heavy (non-hydrogen) atoms. The van der Waals surface area contributed by atoms with Gasteiger partial charge >= 0.3 is 0 Å². The van der Waals surface area contributed by atoms with E-state index < -0.39 is 0 Å². The molecule has 5 aromatic rings. The first-order valence-corrected chi connectivity index (χ1v) is 9.40. The number of aryl methyl sites for hydroxylation is 2. The number of pyridine rings is 1. The summed E-state index contributed by atoms with van der Waals surface area (Å²) in [5, 5.41) is 5.19. The molecule has 10 heteroatoms. The van der Waals surface area contributed by atoms with Gasteiger partial charge in [0.1, 0.15) is 28.5 Å². The molecule has 0 amide bonds. The lowest BCUT2D eigenvalue weighted by atomic mass is 10.1. The molecule has 0 N–H and O–H groups in total. The number of methoxy groups -OCH3 is 1. The van der Waals surface area contributed by atoms with Crippen molar-refractivity contribution in [2.75, 3.05) is 7.11 Å². The number of hydrogen-bond acceptors (Lipinski definition) is 8. The van der Waals surface area contributed by atoms with E-state index in [1.54, 1.807) is 11.6 Å². The van der Waals surface area contributed by atoms with Crippen LogP contribution in [0.2, 0.25) is 0 Å². The van der Waals surface area contributed by atoms with Gasteiger partial charge in [0.15, 0.2) is 5.65 Å². The van der Waals surface area contributed by atoms with Crippen molar-refractivity contribution >= 4 is 28.2 Å². The maximum atomic E-state index is 5.42. The first-order valence-electron chi connectivity index (χ1n) is 8.63. The molecule has 0 radical (unpaired) electrons. The van der Waals surface area contributed by atoms with Crippen LogP contribution in [0.4, 0.5) is 0 Å². The Morgan fingerprint density at radius 1 is 1.18 bits per heavy atom. The first kappa shape index (κ1) is 16.8. The van der Waals surface area contributed by atoms with Crippen LogP contribution in [0.15, 0.2) is 30.9 Å². The van der Waals surface area contributed by atoms with E-state index >= 15 is 0 Å². The maximum absolute atomic E-state index is 5.42. The van der Waals surface area contributed by atoms with Gasteiger partial charge in [-0.15, -0.1) is 0 Å². The van der Waals surface area contributed by atoms with Crippen LogP contribution in [0.1, 0.15) is 16.7 Å². The number of imidazole rings is 1. The molecule has 5 heterocycles. The fourth-order valence-electron chi connectivity index (χ4n) is 3.31. The van der Waals surface area contributed by atoms with Crippen LogP contribution in [0.25, 0.3) is 27.8 Å². The van der Waals surface area contributed by atoms with Gasteiger partial charge in [-0.1, -0.05) is 0 Å². The van der Waals surface area contributed by atoms with Gasteiger partial charge in [0.2, 0.25) is 5.88 Å². The van der Waals surface area contributed by atoms with Crippen LogP contribution >= 0.6 is 11.5 Å². The minimum absolute atomic E-state index is 0.518. The number of aromatic nitrogens is 8. The number of ether oxygens (including phenoxy) is 1. The van der Waals surface area contributed by atoms with Crippen molar-refractivity contribution in [1.29, 1.82) is 0 Å². The minimum atomic E-state index is 0.518. The minimum Gasteiger partial charge on any atom is -0.479 e. The van der Waals surface area contributed by atoms with E-state index in [0.717, 1.165) is 38.8 Å². The van der Waals surface area contributed by atoms with Gasteiger partial charge in [-0.25, -0.2) is 19.5 Å². The van der Waals surface area contributed by atoms with E-state index in [-0.39, 0.29) is 0 Å². The van der Waals surface area contributed by atoms with E-state index in [1.165, 1.54) is 17.9 Å². The Morgan fingerprint density at radius 3 is 2.86 bits per heavy atom. The summed E-state index contributed by atoms with van der Waals surface area (Å²) in [7, 11) is 1.60. The molecule has 9 nitrogen and oxygen atoms in total. The second-order valence-electron chi connectivity index (χ2n) is 6.34. The molecule has 5 rings (SSSR count). The molecule has 0 aliphatic rings. The van der Waals surface area contributed by atoms with Crippen molar-refractivity contribution in [1.82, 2.24) is 38.5 Å². The number of hydrogen-bond donors (Lipinski definition) is 0. The smallest absolute Gasteiger partial charge is 0.241 e. The molecule has 0 aliphatic carbocycles. The van der Waals surface area contributed by atoms with Crippen molar-refractivity contribution in [2.45, 2.75) is 20.4 Å². The van der Waals surface area contributed by atoms with Gasteiger partial charge in [0, 0.05) is 23.5 Å². The fourth-order valence-corrected chi connectivity index (χ4v) is 3.95. The van der Waals surface area contributed by atoms with Gasteiger partial charge in [0.25, 0.3) is 0 Å². The fraction of sp³-hybridized carbons (Fsp3) is 0.222. The highest BCUT2D eigenvalue weighted by Gasteiger charge is 2.16. The number of fused-ring (bicyclic) bond motifs is 2. The summed E-state index contributed by atoms with van der Waals surface area (Å²) in [4.78, 5) is 17.9. The molecule has 140 valence electrons. The normalized spacial score (nSPS) is 11.5. The maximum Gasteiger partial charge on any atom is 0.241 e. The zero-order chi connectivity index (χ0) is 19.3. The molecule has 0 bridgehead atoms. The highest BCUT2D eigenvalue weighted by Crippen LogP contribution is 2.31. The molecular formula is C18H16N8OS. The van der Waals surface area contributed by atoms with Crippen molar-refractivity contribution < 1.29 is 4.74 Å².